The molecule has 0 radical (unpaired) electrons. The fourth-order valence-electron chi connectivity index (χ4n) is 1.77. The van der Waals surface area contributed by atoms with Crippen molar-refractivity contribution in [2.24, 2.45) is 0 Å². The quantitative estimate of drug-likeness (QED) is 0.299. The molecule has 126 valence electrons. The second-order valence-electron chi connectivity index (χ2n) is 4.99. The van der Waals surface area contributed by atoms with Gasteiger partial charge in [-0.1, -0.05) is 12.1 Å². The Morgan fingerprint density at radius 3 is 2.35 bits per heavy atom. The van der Waals surface area contributed by atoms with Gasteiger partial charge in [-0.25, -0.2) is 4.79 Å². The first-order valence-electron chi connectivity index (χ1n) is 7.27. The van der Waals surface area contributed by atoms with E-state index in [1.54, 1.807) is 33.0 Å². The normalized spacial score (nSPS) is 11.0. The van der Waals surface area contributed by atoms with Crippen molar-refractivity contribution in [3.05, 3.63) is 41.6 Å². The van der Waals surface area contributed by atoms with Gasteiger partial charge in [0, 0.05) is 20.3 Å². The van der Waals surface area contributed by atoms with Gasteiger partial charge in [0.2, 0.25) is 0 Å². The molecule has 1 rings (SSSR count). The second-order valence-corrected chi connectivity index (χ2v) is 4.99. The topological polar surface area (TPSA) is 65.1 Å². The summed E-state index contributed by atoms with van der Waals surface area (Å²) in [6, 6.07) is 7.34. The SMILES string of the molecule is CCOC(=O)/C(=C/N(C)C)C(=O)COCc1ccc(OC)cc1. The third-order valence-corrected chi connectivity index (χ3v) is 2.84. The molecule has 0 atom stereocenters. The van der Waals surface area contributed by atoms with E-state index in [1.807, 2.05) is 24.3 Å². The highest BCUT2D eigenvalue weighted by Gasteiger charge is 2.20. The Labute approximate surface area is 136 Å². The predicted octanol–water partition coefficient (Wildman–Crippen LogP) is 1.79. The summed E-state index contributed by atoms with van der Waals surface area (Å²) in [6.07, 6.45) is 1.44. The average molecular weight is 321 g/mol. The zero-order valence-electron chi connectivity index (χ0n) is 14.0. The van der Waals surface area contributed by atoms with E-state index in [2.05, 4.69) is 0 Å². The third-order valence-electron chi connectivity index (χ3n) is 2.84. The molecule has 0 amide bonds. The molecular weight excluding hydrogens is 298 g/mol. The minimum Gasteiger partial charge on any atom is -0.497 e. The first kappa shape index (κ1) is 18.7. The van der Waals surface area contributed by atoms with Crippen LogP contribution in [0.25, 0.3) is 0 Å². The molecule has 0 heterocycles. The van der Waals surface area contributed by atoms with Crippen molar-refractivity contribution in [1.29, 1.82) is 0 Å². The van der Waals surface area contributed by atoms with Crippen LogP contribution in [-0.4, -0.2) is 51.1 Å². The van der Waals surface area contributed by atoms with Gasteiger partial charge in [0.25, 0.3) is 0 Å². The van der Waals surface area contributed by atoms with Gasteiger partial charge >= 0.3 is 5.97 Å². The molecule has 0 N–H and O–H groups in total. The van der Waals surface area contributed by atoms with Crippen molar-refractivity contribution in [3.63, 3.8) is 0 Å². The molecule has 0 aromatic heterocycles. The maximum Gasteiger partial charge on any atom is 0.343 e. The Morgan fingerprint density at radius 1 is 1.17 bits per heavy atom. The molecule has 0 saturated carbocycles. The minimum absolute atomic E-state index is 0.0217. The molecule has 0 aliphatic carbocycles. The Hall–Kier alpha value is -2.34. The second kappa shape index (κ2) is 9.63. The van der Waals surface area contributed by atoms with Crippen molar-refractivity contribution in [2.75, 3.05) is 34.4 Å². The van der Waals surface area contributed by atoms with Crippen LogP contribution in [0.4, 0.5) is 0 Å². The van der Waals surface area contributed by atoms with Gasteiger partial charge in [0.05, 0.1) is 20.3 Å². The van der Waals surface area contributed by atoms with Crippen LogP contribution in [-0.2, 0) is 25.7 Å². The van der Waals surface area contributed by atoms with Crippen molar-refractivity contribution in [1.82, 2.24) is 4.90 Å². The van der Waals surface area contributed by atoms with E-state index < -0.39 is 11.8 Å². The van der Waals surface area contributed by atoms with E-state index in [4.69, 9.17) is 14.2 Å². The molecule has 0 bridgehead atoms. The van der Waals surface area contributed by atoms with Crippen LogP contribution in [0.5, 0.6) is 5.75 Å². The lowest BCUT2D eigenvalue weighted by Gasteiger charge is -2.11. The molecule has 0 saturated heterocycles. The summed E-state index contributed by atoms with van der Waals surface area (Å²) in [5.74, 6) is -0.298. The number of hydrogen-bond acceptors (Lipinski definition) is 6. The van der Waals surface area contributed by atoms with E-state index in [1.165, 1.54) is 6.20 Å². The summed E-state index contributed by atoms with van der Waals surface area (Å²) in [5, 5.41) is 0. The smallest absolute Gasteiger partial charge is 0.343 e. The highest BCUT2D eigenvalue weighted by atomic mass is 16.5. The fourth-order valence-corrected chi connectivity index (χ4v) is 1.77. The number of methoxy groups -OCH3 is 1. The number of benzene rings is 1. The monoisotopic (exact) mass is 321 g/mol. The van der Waals surface area contributed by atoms with Gasteiger partial charge in [-0.3, -0.25) is 4.79 Å². The highest BCUT2D eigenvalue weighted by molar-refractivity contribution is 6.17. The summed E-state index contributed by atoms with van der Waals surface area (Å²) in [6.45, 7) is 1.98. The first-order chi connectivity index (χ1) is 11.0. The third kappa shape index (κ3) is 6.52. The van der Waals surface area contributed by atoms with Crippen LogP contribution in [0.3, 0.4) is 0 Å². The van der Waals surface area contributed by atoms with Crippen molar-refractivity contribution in [3.8, 4) is 5.75 Å². The molecular formula is C17H23NO5. The maximum absolute atomic E-state index is 12.1. The Morgan fingerprint density at radius 2 is 1.83 bits per heavy atom. The van der Waals surface area contributed by atoms with Gasteiger partial charge in [0.15, 0.2) is 5.78 Å². The number of esters is 1. The van der Waals surface area contributed by atoms with E-state index in [9.17, 15) is 9.59 Å². The summed E-state index contributed by atoms with van der Waals surface area (Å²) >= 11 is 0. The van der Waals surface area contributed by atoms with Crippen LogP contribution in [0, 0.1) is 0 Å². The number of hydrogen-bond donors (Lipinski definition) is 0. The fraction of sp³-hybridized carbons (Fsp3) is 0.412. The van der Waals surface area contributed by atoms with Crippen molar-refractivity contribution < 1.29 is 23.8 Å². The van der Waals surface area contributed by atoms with Gasteiger partial charge < -0.3 is 19.1 Å². The number of rotatable bonds is 9. The summed E-state index contributed by atoms with van der Waals surface area (Å²) in [7, 11) is 5.05. The summed E-state index contributed by atoms with van der Waals surface area (Å²) in [5.41, 5.74) is 0.888. The molecule has 6 heteroatoms. The molecule has 0 aliphatic rings. The molecule has 23 heavy (non-hydrogen) atoms. The maximum atomic E-state index is 12.1. The lowest BCUT2D eigenvalue weighted by Crippen LogP contribution is -2.22. The average Bonchev–Trinajstić information content (AvgIpc) is 2.53. The molecule has 0 aliphatic heterocycles. The Kier molecular flexibility index (Phi) is 7.83. The molecule has 0 fully saturated rings. The predicted molar refractivity (Wildman–Crippen MR) is 86.1 cm³/mol. The van der Waals surface area contributed by atoms with Crippen LogP contribution < -0.4 is 4.74 Å². The van der Waals surface area contributed by atoms with E-state index in [-0.39, 0.29) is 25.4 Å². The Balaban J connectivity index is 2.59. The minimum atomic E-state index is -0.640. The number of ether oxygens (including phenoxy) is 3. The number of Topliss-reactive ketones (excluding diaryl/α,β-unsaturated/α-hetero) is 1. The van der Waals surface area contributed by atoms with Crippen molar-refractivity contribution in [2.45, 2.75) is 13.5 Å². The van der Waals surface area contributed by atoms with E-state index >= 15 is 0 Å². The van der Waals surface area contributed by atoms with Crippen LogP contribution in [0.1, 0.15) is 12.5 Å². The number of nitrogens with zero attached hydrogens (tertiary/aromatic N) is 1. The van der Waals surface area contributed by atoms with Crippen molar-refractivity contribution >= 4 is 11.8 Å². The summed E-state index contributed by atoms with van der Waals surface area (Å²) in [4.78, 5) is 25.6. The van der Waals surface area contributed by atoms with Crippen LogP contribution in [0.15, 0.2) is 36.0 Å². The highest BCUT2D eigenvalue weighted by Crippen LogP contribution is 2.12. The molecule has 0 spiro atoms. The van der Waals surface area contributed by atoms with Gasteiger partial charge in [-0.05, 0) is 24.6 Å². The molecule has 1 aromatic carbocycles. The van der Waals surface area contributed by atoms with Gasteiger partial charge in [-0.15, -0.1) is 0 Å². The standard InChI is InChI=1S/C17H23NO5/c1-5-23-17(20)15(10-18(2)3)16(19)12-22-11-13-6-8-14(21-4)9-7-13/h6-10H,5,11-12H2,1-4H3/b15-10+. The van der Waals surface area contributed by atoms with Gasteiger partial charge in [0.1, 0.15) is 17.9 Å². The zero-order chi connectivity index (χ0) is 17.2. The van der Waals surface area contributed by atoms with E-state index in [0.29, 0.717) is 0 Å². The van der Waals surface area contributed by atoms with E-state index in [0.717, 1.165) is 11.3 Å². The number of carbonyl (C=O) groups excluding carboxylic acids is 2. The summed E-state index contributed by atoms with van der Waals surface area (Å²) < 4.78 is 15.4. The zero-order valence-corrected chi connectivity index (χ0v) is 14.0. The van der Waals surface area contributed by atoms with Gasteiger partial charge in [-0.2, -0.15) is 0 Å². The molecule has 1 aromatic rings. The lowest BCUT2D eigenvalue weighted by atomic mass is 10.2. The van der Waals surface area contributed by atoms with Crippen LogP contribution >= 0.6 is 0 Å². The number of carbonyl (C=O) groups is 2. The Bertz CT molecular complexity index is 549. The largest absolute Gasteiger partial charge is 0.497 e. The van der Waals surface area contributed by atoms with Crippen LogP contribution in [0.2, 0.25) is 0 Å². The first-order valence-corrected chi connectivity index (χ1v) is 7.27. The molecule has 0 unspecified atom stereocenters. The lowest BCUT2D eigenvalue weighted by molar-refractivity contribution is -0.140. The number of ketones is 1. The molecule has 6 nitrogen and oxygen atoms in total.